The number of likely N-dealkylation sites (tertiary alicyclic amines) is 1. The summed E-state index contributed by atoms with van der Waals surface area (Å²) in [7, 11) is 0. The lowest BCUT2D eigenvalue weighted by atomic mass is 9.99. The summed E-state index contributed by atoms with van der Waals surface area (Å²) in [6, 6.07) is 2.53. The number of hydrogen-bond acceptors (Lipinski definition) is 4. The topological polar surface area (TPSA) is 90.7 Å². The maximum absolute atomic E-state index is 12.5. The number of carboxylic acid groups (broad SMARTS) is 1. The zero-order valence-corrected chi connectivity index (χ0v) is 12.7. The molecule has 2 rings (SSSR count). The fourth-order valence-corrected chi connectivity index (χ4v) is 2.65. The Morgan fingerprint density at radius 2 is 2.18 bits per heavy atom. The number of aliphatic hydroxyl groups excluding tert-OH is 1. The number of hydrogen-bond donors (Lipinski definition) is 2. The van der Waals surface area contributed by atoms with Gasteiger partial charge in [0.2, 0.25) is 0 Å². The van der Waals surface area contributed by atoms with Gasteiger partial charge in [-0.05, 0) is 30.9 Å². The van der Waals surface area contributed by atoms with Gasteiger partial charge in [-0.1, -0.05) is 19.4 Å². The molecule has 1 aliphatic heterocycles. The van der Waals surface area contributed by atoms with Crippen molar-refractivity contribution in [2.75, 3.05) is 6.54 Å². The second-order valence-electron chi connectivity index (χ2n) is 5.69. The second kappa shape index (κ2) is 7.35. The number of unbranched alkanes of at least 4 members (excludes halogenated alkanes) is 1. The quantitative estimate of drug-likeness (QED) is 0.859. The van der Waals surface area contributed by atoms with Crippen LogP contribution in [0.25, 0.3) is 0 Å². The van der Waals surface area contributed by atoms with E-state index in [1.807, 2.05) is 6.07 Å². The van der Waals surface area contributed by atoms with Crippen molar-refractivity contribution in [3.63, 3.8) is 0 Å². The first-order valence-corrected chi connectivity index (χ1v) is 7.69. The maximum atomic E-state index is 12.5. The predicted molar refractivity (Wildman–Crippen MR) is 80.6 cm³/mol. The molecule has 2 atom stereocenters. The van der Waals surface area contributed by atoms with E-state index in [4.69, 9.17) is 0 Å². The van der Waals surface area contributed by atoms with Crippen LogP contribution in [0.4, 0.5) is 0 Å². The fraction of sp³-hybridized carbons (Fsp3) is 0.562. The van der Waals surface area contributed by atoms with E-state index in [-0.39, 0.29) is 24.6 Å². The highest BCUT2D eigenvalue weighted by atomic mass is 16.4. The number of aliphatic hydroxyl groups is 1. The summed E-state index contributed by atoms with van der Waals surface area (Å²) < 4.78 is 0. The molecule has 0 aliphatic carbocycles. The Bertz CT molecular complexity index is 529. The molecular weight excluding hydrogens is 284 g/mol. The number of carbonyl (C=O) groups excluding carboxylic acids is 1. The van der Waals surface area contributed by atoms with Crippen molar-refractivity contribution in [2.45, 2.75) is 51.2 Å². The number of pyridine rings is 1. The van der Waals surface area contributed by atoms with E-state index in [0.29, 0.717) is 6.42 Å². The molecule has 2 N–H and O–H groups in total. The number of amides is 1. The van der Waals surface area contributed by atoms with E-state index in [1.165, 1.54) is 4.90 Å². The SMILES string of the molecule is CCCCc1ccc(C(=O)N2CC[C@H](O)C[C@@H]2C(=O)O)nc1. The van der Waals surface area contributed by atoms with Gasteiger partial charge in [0, 0.05) is 19.2 Å². The third kappa shape index (κ3) is 3.82. The Labute approximate surface area is 129 Å². The molecule has 0 unspecified atom stereocenters. The molecule has 0 spiro atoms. The number of carbonyl (C=O) groups is 2. The molecule has 0 radical (unpaired) electrons. The Morgan fingerprint density at radius 3 is 2.77 bits per heavy atom. The minimum Gasteiger partial charge on any atom is -0.480 e. The zero-order valence-electron chi connectivity index (χ0n) is 12.7. The minimum absolute atomic E-state index is 0.0651. The Balaban J connectivity index is 2.10. The number of carboxylic acids is 1. The lowest BCUT2D eigenvalue weighted by Gasteiger charge is -2.35. The zero-order chi connectivity index (χ0) is 16.1. The molecule has 1 amide bonds. The highest BCUT2D eigenvalue weighted by Gasteiger charge is 2.36. The highest BCUT2D eigenvalue weighted by molar-refractivity contribution is 5.95. The average molecular weight is 306 g/mol. The summed E-state index contributed by atoms with van der Waals surface area (Å²) in [6.45, 7) is 2.35. The number of aryl methyl sites for hydroxylation is 1. The first-order chi connectivity index (χ1) is 10.5. The molecule has 0 saturated carbocycles. The van der Waals surface area contributed by atoms with Gasteiger partial charge in [-0.3, -0.25) is 9.78 Å². The van der Waals surface area contributed by atoms with Crippen LogP contribution in [0.15, 0.2) is 18.3 Å². The molecule has 1 aromatic heterocycles. The van der Waals surface area contributed by atoms with E-state index in [9.17, 15) is 19.8 Å². The summed E-state index contributed by atoms with van der Waals surface area (Å²) in [5.41, 5.74) is 1.32. The lowest BCUT2D eigenvalue weighted by molar-refractivity contribution is -0.145. The molecule has 6 heteroatoms. The number of piperidine rings is 1. The number of aromatic nitrogens is 1. The summed E-state index contributed by atoms with van der Waals surface area (Å²) in [4.78, 5) is 29.2. The van der Waals surface area contributed by atoms with Crippen LogP contribution in [0.2, 0.25) is 0 Å². The molecule has 120 valence electrons. The normalized spacial score (nSPS) is 21.6. The van der Waals surface area contributed by atoms with Crippen LogP contribution in [0.1, 0.15) is 48.7 Å². The molecule has 22 heavy (non-hydrogen) atoms. The third-order valence-corrected chi connectivity index (χ3v) is 3.98. The maximum Gasteiger partial charge on any atom is 0.326 e. The summed E-state index contributed by atoms with van der Waals surface area (Å²) >= 11 is 0. The van der Waals surface area contributed by atoms with E-state index >= 15 is 0 Å². The van der Waals surface area contributed by atoms with Crippen LogP contribution >= 0.6 is 0 Å². The first-order valence-electron chi connectivity index (χ1n) is 7.69. The largest absolute Gasteiger partial charge is 0.480 e. The molecule has 1 saturated heterocycles. The Hall–Kier alpha value is -1.95. The monoisotopic (exact) mass is 306 g/mol. The van der Waals surface area contributed by atoms with Crippen molar-refractivity contribution in [3.8, 4) is 0 Å². The predicted octanol–water partition coefficient (Wildman–Crippen LogP) is 1.47. The van der Waals surface area contributed by atoms with Crippen LogP contribution in [-0.2, 0) is 11.2 Å². The Morgan fingerprint density at radius 1 is 1.41 bits per heavy atom. The highest BCUT2D eigenvalue weighted by Crippen LogP contribution is 2.20. The summed E-state index contributed by atoms with van der Waals surface area (Å²) in [5.74, 6) is -1.48. The second-order valence-corrected chi connectivity index (χ2v) is 5.69. The molecule has 2 heterocycles. The third-order valence-electron chi connectivity index (χ3n) is 3.98. The van der Waals surface area contributed by atoms with Gasteiger partial charge in [0.1, 0.15) is 11.7 Å². The molecule has 1 fully saturated rings. The smallest absolute Gasteiger partial charge is 0.326 e. The molecule has 1 aromatic rings. The average Bonchev–Trinajstić information content (AvgIpc) is 2.52. The van der Waals surface area contributed by atoms with Crippen LogP contribution in [0.5, 0.6) is 0 Å². The van der Waals surface area contributed by atoms with Gasteiger partial charge in [0.25, 0.3) is 5.91 Å². The van der Waals surface area contributed by atoms with Crippen LogP contribution in [-0.4, -0.2) is 50.7 Å². The first kappa shape index (κ1) is 16.4. The van der Waals surface area contributed by atoms with Gasteiger partial charge in [-0.2, -0.15) is 0 Å². The number of nitrogens with zero attached hydrogens (tertiary/aromatic N) is 2. The van der Waals surface area contributed by atoms with E-state index in [0.717, 1.165) is 24.8 Å². The van der Waals surface area contributed by atoms with Gasteiger partial charge < -0.3 is 15.1 Å². The standard InChI is InChI=1S/C16H22N2O4/c1-2-3-4-11-5-6-13(17-10-11)15(20)18-8-7-12(19)9-14(18)16(21)22/h5-6,10,12,14,19H,2-4,7-9H2,1H3,(H,21,22)/t12-,14+/m0/s1. The van der Waals surface area contributed by atoms with Crippen LogP contribution in [0.3, 0.4) is 0 Å². The number of rotatable bonds is 5. The molecular formula is C16H22N2O4. The van der Waals surface area contributed by atoms with Crippen molar-refractivity contribution in [2.24, 2.45) is 0 Å². The van der Waals surface area contributed by atoms with Gasteiger partial charge >= 0.3 is 5.97 Å². The van der Waals surface area contributed by atoms with Crippen LogP contribution in [0, 0.1) is 0 Å². The van der Waals surface area contributed by atoms with Gasteiger partial charge in [0.15, 0.2) is 0 Å². The van der Waals surface area contributed by atoms with Gasteiger partial charge in [-0.15, -0.1) is 0 Å². The molecule has 0 aromatic carbocycles. The molecule has 1 aliphatic rings. The number of aliphatic carboxylic acids is 1. The minimum atomic E-state index is -1.09. The van der Waals surface area contributed by atoms with Crippen molar-refractivity contribution >= 4 is 11.9 Å². The van der Waals surface area contributed by atoms with Crippen molar-refractivity contribution < 1.29 is 19.8 Å². The fourth-order valence-electron chi connectivity index (χ4n) is 2.65. The molecule has 0 bridgehead atoms. The van der Waals surface area contributed by atoms with Crippen molar-refractivity contribution in [3.05, 3.63) is 29.6 Å². The lowest BCUT2D eigenvalue weighted by Crippen LogP contribution is -2.51. The Kier molecular flexibility index (Phi) is 5.49. The van der Waals surface area contributed by atoms with E-state index < -0.39 is 18.1 Å². The van der Waals surface area contributed by atoms with E-state index in [2.05, 4.69) is 11.9 Å². The van der Waals surface area contributed by atoms with Crippen molar-refractivity contribution in [1.82, 2.24) is 9.88 Å². The summed E-state index contributed by atoms with van der Waals surface area (Å²) in [5, 5.41) is 18.8. The van der Waals surface area contributed by atoms with Gasteiger partial charge in [-0.25, -0.2) is 4.79 Å². The van der Waals surface area contributed by atoms with Crippen molar-refractivity contribution in [1.29, 1.82) is 0 Å². The van der Waals surface area contributed by atoms with E-state index in [1.54, 1.807) is 12.3 Å². The summed E-state index contributed by atoms with van der Waals surface area (Å²) in [6.07, 6.45) is 4.55. The molecule has 6 nitrogen and oxygen atoms in total. The van der Waals surface area contributed by atoms with Gasteiger partial charge in [0.05, 0.1) is 6.10 Å². The van der Waals surface area contributed by atoms with Crippen LogP contribution < -0.4 is 0 Å².